The Balaban J connectivity index is 1.58. The molecule has 0 unspecified atom stereocenters. The van der Waals surface area contributed by atoms with Gasteiger partial charge in [0.25, 0.3) is 5.91 Å². The Kier molecular flexibility index (Phi) is 3.76. The van der Waals surface area contributed by atoms with Crippen molar-refractivity contribution in [1.82, 2.24) is 9.88 Å². The fraction of sp³-hybridized carbons (Fsp3) is 0.400. The average Bonchev–Trinajstić information content (AvgIpc) is 3.02. The topological polar surface area (TPSA) is 54.5 Å². The largest absolute Gasteiger partial charge is 0.493 e. The van der Waals surface area contributed by atoms with Crippen LogP contribution in [0.3, 0.4) is 0 Å². The summed E-state index contributed by atoms with van der Waals surface area (Å²) in [5.41, 5.74) is 4.00. The van der Waals surface area contributed by atoms with E-state index in [0.717, 1.165) is 36.5 Å². The van der Waals surface area contributed by atoms with E-state index in [1.165, 1.54) is 5.56 Å². The first-order valence-electron chi connectivity index (χ1n) is 8.68. The Bertz CT molecular complexity index is 845. The number of amides is 1. The Hall–Kier alpha value is -2.40. The molecule has 0 bridgehead atoms. The van der Waals surface area contributed by atoms with Gasteiger partial charge in [-0.1, -0.05) is 19.9 Å². The van der Waals surface area contributed by atoms with Gasteiger partial charge in [-0.15, -0.1) is 0 Å². The number of pyridine rings is 1. The zero-order valence-electron chi connectivity index (χ0n) is 14.9. The van der Waals surface area contributed by atoms with Gasteiger partial charge in [-0.3, -0.25) is 4.79 Å². The van der Waals surface area contributed by atoms with E-state index in [4.69, 9.17) is 9.72 Å². The van der Waals surface area contributed by atoms with E-state index in [9.17, 15) is 4.79 Å². The number of anilines is 1. The Labute approximate surface area is 148 Å². The number of hydrogen-bond donors (Lipinski definition) is 1. The molecule has 0 aliphatic carbocycles. The van der Waals surface area contributed by atoms with Gasteiger partial charge < -0.3 is 15.0 Å². The maximum Gasteiger partial charge on any atom is 0.256 e. The second kappa shape index (κ2) is 5.85. The molecule has 2 aromatic rings. The molecule has 1 N–H and O–H groups in total. The molecule has 5 heteroatoms. The van der Waals surface area contributed by atoms with E-state index >= 15 is 0 Å². The molecule has 0 radical (unpaired) electrons. The maximum absolute atomic E-state index is 12.6. The van der Waals surface area contributed by atoms with Gasteiger partial charge >= 0.3 is 0 Å². The van der Waals surface area contributed by atoms with Crippen molar-refractivity contribution in [2.45, 2.75) is 32.2 Å². The van der Waals surface area contributed by atoms with Crippen molar-refractivity contribution >= 4 is 11.7 Å². The first-order valence-corrected chi connectivity index (χ1v) is 8.68. The second-order valence-corrected chi connectivity index (χ2v) is 7.64. The SMILES string of the molecule is CN1Cc2ccc(NC(=O)c3ccc4c(c3)CCO4)nc2C(C)(C)C1. The average molecular weight is 337 g/mol. The summed E-state index contributed by atoms with van der Waals surface area (Å²) in [6, 6.07) is 9.55. The van der Waals surface area contributed by atoms with Crippen molar-refractivity contribution in [2.75, 3.05) is 25.5 Å². The lowest BCUT2D eigenvalue weighted by atomic mass is 9.82. The number of nitrogens with zero attached hydrogens (tertiary/aromatic N) is 2. The number of hydrogen-bond acceptors (Lipinski definition) is 4. The van der Waals surface area contributed by atoms with Crippen molar-refractivity contribution in [3.05, 3.63) is 52.7 Å². The maximum atomic E-state index is 12.6. The lowest BCUT2D eigenvalue weighted by Crippen LogP contribution is -2.40. The van der Waals surface area contributed by atoms with E-state index in [0.29, 0.717) is 18.0 Å². The zero-order valence-corrected chi connectivity index (χ0v) is 14.9. The third-order valence-electron chi connectivity index (χ3n) is 4.92. The van der Waals surface area contributed by atoms with Gasteiger partial charge in [-0.05, 0) is 42.4 Å². The van der Waals surface area contributed by atoms with Crippen LogP contribution in [0.15, 0.2) is 30.3 Å². The number of nitrogens with one attached hydrogen (secondary N) is 1. The molecule has 0 fully saturated rings. The minimum absolute atomic E-state index is 0.0338. The highest BCUT2D eigenvalue weighted by Crippen LogP contribution is 2.32. The summed E-state index contributed by atoms with van der Waals surface area (Å²) in [5.74, 6) is 1.36. The number of aromatic nitrogens is 1. The van der Waals surface area contributed by atoms with Crippen LogP contribution in [0, 0.1) is 0 Å². The number of likely N-dealkylation sites (N-methyl/N-ethyl adjacent to an activating group) is 1. The molecular formula is C20H23N3O2. The lowest BCUT2D eigenvalue weighted by Gasteiger charge is -2.37. The molecule has 0 atom stereocenters. The third kappa shape index (κ3) is 3.00. The lowest BCUT2D eigenvalue weighted by molar-refractivity contribution is 0.102. The minimum Gasteiger partial charge on any atom is -0.493 e. The smallest absolute Gasteiger partial charge is 0.256 e. The van der Waals surface area contributed by atoms with Crippen molar-refractivity contribution < 1.29 is 9.53 Å². The molecular weight excluding hydrogens is 314 g/mol. The Morgan fingerprint density at radius 1 is 1.24 bits per heavy atom. The molecule has 130 valence electrons. The summed E-state index contributed by atoms with van der Waals surface area (Å²) in [5, 5.41) is 2.94. The summed E-state index contributed by atoms with van der Waals surface area (Å²) >= 11 is 0. The monoisotopic (exact) mass is 337 g/mol. The summed E-state index contributed by atoms with van der Waals surface area (Å²) in [7, 11) is 2.12. The highest BCUT2D eigenvalue weighted by Gasteiger charge is 2.32. The van der Waals surface area contributed by atoms with Crippen molar-refractivity contribution in [1.29, 1.82) is 0 Å². The van der Waals surface area contributed by atoms with E-state index in [1.54, 1.807) is 6.07 Å². The van der Waals surface area contributed by atoms with Crippen molar-refractivity contribution in [3.8, 4) is 5.75 Å². The predicted octanol–water partition coefficient (Wildman–Crippen LogP) is 2.99. The normalized spacial score (nSPS) is 18.2. The van der Waals surface area contributed by atoms with Crippen LogP contribution in [0.25, 0.3) is 0 Å². The van der Waals surface area contributed by atoms with Crippen LogP contribution < -0.4 is 10.1 Å². The molecule has 3 heterocycles. The van der Waals surface area contributed by atoms with Gasteiger partial charge in [0.2, 0.25) is 0 Å². The molecule has 0 spiro atoms. The molecule has 1 aromatic carbocycles. The molecule has 1 aromatic heterocycles. The van der Waals surface area contributed by atoms with E-state index in [2.05, 4.69) is 37.2 Å². The van der Waals surface area contributed by atoms with Gasteiger partial charge in [0.05, 0.1) is 12.3 Å². The number of benzene rings is 1. The first kappa shape index (κ1) is 16.1. The summed E-state index contributed by atoms with van der Waals surface area (Å²) in [6.45, 7) is 6.93. The first-order chi connectivity index (χ1) is 11.9. The van der Waals surface area contributed by atoms with E-state index in [-0.39, 0.29) is 11.3 Å². The summed E-state index contributed by atoms with van der Waals surface area (Å²) in [6.07, 6.45) is 0.856. The second-order valence-electron chi connectivity index (χ2n) is 7.64. The van der Waals surface area contributed by atoms with Gasteiger partial charge in [-0.25, -0.2) is 4.98 Å². The molecule has 0 saturated carbocycles. The number of rotatable bonds is 2. The van der Waals surface area contributed by atoms with E-state index < -0.39 is 0 Å². The number of carbonyl (C=O) groups excluding carboxylic acids is 1. The molecule has 4 rings (SSSR count). The fourth-order valence-corrected chi connectivity index (χ4v) is 3.88. The molecule has 2 aliphatic heterocycles. The highest BCUT2D eigenvalue weighted by atomic mass is 16.5. The predicted molar refractivity (Wildman–Crippen MR) is 97.2 cm³/mol. The Morgan fingerprint density at radius 2 is 2.08 bits per heavy atom. The van der Waals surface area contributed by atoms with E-state index in [1.807, 2.05) is 18.2 Å². The molecule has 25 heavy (non-hydrogen) atoms. The molecule has 2 aliphatic rings. The molecule has 5 nitrogen and oxygen atoms in total. The quantitative estimate of drug-likeness (QED) is 0.915. The van der Waals surface area contributed by atoms with Crippen LogP contribution in [0.2, 0.25) is 0 Å². The Morgan fingerprint density at radius 3 is 2.92 bits per heavy atom. The van der Waals surface area contributed by atoms with Crippen LogP contribution >= 0.6 is 0 Å². The molecule has 0 saturated heterocycles. The van der Waals surface area contributed by atoms with Crippen LogP contribution in [-0.2, 0) is 18.4 Å². The highest BCUT2D eigenvalue weighted by molar-refractivity contribution is 6.04. The zero-order chi connectivity index (χ0) is 17.6. The van der Waals surface area contributed by atoms with Crippen molar-refractivity contribution in [2.24, 2.45) is 0 Å². The minimum atomic E-state index is -0.132. The van der Waals surface area contributed by atoms with Crippen LogP contribution in [-0.4, -0.2) is 36.0 Å². The van der Waals surface area contributed by atoms with Crippen LogP contribution in [0.5, 0.6) is 5.75 Å². The standard InChI is InChI=1S/C20H23N3O2/c1-20(2)12-23(3)11-15-5-7-17(21-18(15)20)22-19(24)14-4-6-16-13(10-14)8-9-25-16/h4-7,10H,8-9,11-12H2,1-3H3,(H,21,22,24). The fourth-order valence-electron chi connectivity index (χ4n) is 3.88. The van der Waals surface area contributed by atoms with Crippen molar-refractivity contribution in [3.63, 3.8) is 0 Å². The van der Waals surface area contributed by atoms with Crippen LogP contribution in [0.4, 0.5) is 5.82 Å². The summed E-state index contributed by atoms with van der Waals surface area (Å²) < 4.78 is 5.50. The molecule has 1 amide bonds. The van der Waals surface area contributed by atoms with Crippen LogP contribution in [0.1, 0.15) is 41.0 Å². The van der Waals surface area contributed by atoms with Gasteiger partial charge in [0, 0.05) is 30.5 Å². The third-order valence-corrected chi connectivity index (χ3v) is 4.92. The van der Waals surface area contributed by atoms with Gasteiger partial charge in [0.1, 0.15) is 11.6 Å². The number of fused-ring (bicyclic) bond motifs is 2. The summed E-state index contributed by atoms with van der Waals surface area (Å²) in [4.78, 5) is 19.7. The number of carbonyl (C=O) groups is 1. The van der Waals surface area contributed by atoms with Gasteiger partial charge in [0.15, 0.2) is 0 Å². The van der Waals surface area contributed by atoms with Gasteiger partial charge in [-0.2, -0.15) is 0 Å². The number of ether oxygens (including phenoxy) is 1.